The lowest BCUT2D eigenvalue weighted by molar-refractivity contribution is 0.131. The van der Waals surface area contributed by atoms with E-state index in [1.165, 1.54) is 0 Å². The minimum absolute atomic E-state index is 0.139. The highest BCUT2D eigenvalue weighted by Gasteiger charge is 2.24. The van der Waals surface area contributed by atoms with E-state index in [4.69, 9.17) is 9.47 Å². The van der Waals surface area contributed by atoms with E-state index in [0.29, 0.717) is 5.92 Å². The zero-order valence-corrected chi connectivity index (χ0v) is 11.7. The van der Waals surface area contributed by atoms with Crippen LogP contribution in [0.15, 0.2) is 18.2 Å². The number of rotatable bonds is 6. The van der Waals surface area contributed by atoms with Crippen molar-refractivity contribution in [1.29, 1.82) is 0 Å². The van der Waals surface area contributed by atoms with Gasteiger partial charge in [-0.15, -0.1) is 0 Å². The van der Waals surface area contributed by atoms with Gasteiger partial charge >= 0.3 is 0 Å². The van der Waals surface area contributed by atoms with Gasteiger partial charge in [-0.25, -0.2) is 0 Å². The van der Waals surface area contributed by atoms with Gasteiger partial charge in [0.15, 0.2) is 0 Å². The van der Waals surface area contributed by atoms with Gasteiger partial charge in [-0.05, 0) is 37.0 Å². The van der Waals surface area contributed by atoms with E-state index in [0.717, 1.165) is 49.4 Å². The molecule has 0 saturated heterocycles. The van der Waals surface area contributed by atoms with Gasteiger partial charge in [0.1, 0.15) is 11.5 Å². The largest absolute Gasteiger partial charge is 0.497 e. The summed E-state index contributed by atoms with van der Waals surface area (Å²) in [5, 5.41) is 13.2. The van der Waals surface area contributed by atoms with Crippen LogP contribution in [0.25, 0.3) is 0 Å². The van der Waals surface area contributed by atoms with Crippen molar-refractivity contribution in [3.05, 3.63) is 23.8 Å². The van der Waals surface area contributed by atoms with Gasteiger partial charge in [0, 0.05) is 18.7 Å². The van der Waals surface area contributed by atoms with Crippen LogP contribution in [-0.4, -0.2) is 32.0 Å². The Kier molecular flexibility index (Phi) is 5.05. The summed E-state index contributed by atoms with van der Waals surface area (Å²) in [4.78, 5) is 0. The highest BCUT2D eigenvalue weighted by atomic mass is 16.5. The van der Waals surface area contributed by atoms with Crippen molar-refractivity contribution in [2.45, 2.75) is 31.9 Å². The predicted octanol–water partition coefficient (Wildman–Crippen LogP) is 1.95. The standard InChI is InChI=1S/C15H23NO3/c1-18-13-6-7-15(19-2)12(8-13)10-16-9-11-4-3-5-14(11)17/h6-8,11,14,16-17H,3-5,9-10H2,1-2H3. The molecule has 2 N–H and O–H groups in total. The number of aliphatic hydroxyl groups is 1. The fourth-order valence-electron chi connectivity index (χ4n) is 2.67. The molecule has 2 atom stereocenters. The van der Waals surface area contributed by atoms with Crippen molar-refractivity contribution in [3.8, 4) is 11.5 Å². The summed E-state index contributed by atoms with van der Waals surface area (Å²) in [6.07, 6.45) is 3.05. The Labute approximate surface area is 114 Å². The summed E-state index contributed by atoms with van der Waals surface area (Å²) >= 11 is 0. The summed E-state index contributed by atoms with van der Waals surface area (Å²) in [6, 6.07) is 5.79. The van der Waals surface area contributed by atoms with Gasteiger partial charge in [-0.2, -0.15) is 0 Å². The van der Waals surface area contributed by atoms with Crippen LogP contribution in [0.1, 0.15) is 24.8 Å². The Morgan fingerprint density at radius 2 is 2.11 bits per heavy atom. The number of hydrogen-bond acceptors (Lipinski definition) is 4. The van der Waals surface area contributed by atoms with Crippen molar-refractivity contribution in [3.63, 3.8) is 0 Å². The second-order valence-corrected chi connectivity index (χ2v) is 5.07. The van der Waals surface area contributed by atoms with Crippen molar-refractivity contribution < 1.29 is 14.6 Å². The lowest BCUT2D eigenvalue weighted by atomic mass is 10.1. The first-order chi connectivity index (χ1) is 9.24. The average molecular weight is 265 g/mol. The van der Waals surface area contributed by atoms with E-state index in [1.54, 1.807) is 14.2 Å². The van der Waals surface area contributed by atoms with Crippen molar-refractivity contribution in [1.82, 2.24) is 5.32 Å². The zero-order chi connectivity index (χ0) is 13.7. The predicted molar refractivity (Wildman–Crippen MR) is 74.6 cm³/mol. The van der Waals surface area contributed by atoms with E-state index < -0.39 is 0 Å². The fraction of sp³-hybridized carbons (Fsp3) is 0.600. The Morgan fingerprint density at radius 1 is 1.26 bits per heavy atom. The molecule has 1 aliphatic carbocycles. The molecular formula is C15H23NO3. The lowest BCUT2D eigenvalue weighted by Gasteiger charge is -2.16. The van der Waals surface area contributed by atoms with Crippen molar-refractivity contribution >= 4 is 0 Å². The Balaban J connectivity index is 1.90. The number of ether oxygens (including phenoxy) is 2. The number of methoxy groups -OCH3 is 2. The van der Waals surface area contributed by atoms with Crippen LogP contribution < -0.4 is 14.8 Å². The smallest absolute Gasteiger partial charge is 0.123 e. The van der Waals surface area contributed by atoms with Crippen LogP contribution in [0.5, 0.6) is 11.5 Å². The van der Waals surface area contributed by atoms with E-state index in [1.807, 2.05) is 18.2 Å². The second kappa shape index (κ2) is 6.78. The normalized spacial score (nSPS) is 22.5. The first-order valence-corrected chi connectivity index (χ1v) is 6.84. The molecule has 2 rings (SSSR count). The number of aliphatic hydroxyl groups excluding tert-OH is 1. The summed E-state index contributed by atoms with van der Waals surface area (Å²) in [5.74, 6) is 2.08. The Bertz CT molecular complexity index is 408. The molecule has 0 aliphatic heterocycles. The maximum Gasteiger partial charge on any atom is 0.123 e. The van der Waals surface area contributed by atoms with Crippen LogP contribution in [-0.2, 0) is 6.54 Å². The van der Waals surface area contributed by atoms with Crippen molar-refractivity contribution in [2.24, 2.45) is 5.92 Å². The minimum atomic E-state index is -0.139. The monoisotopic (exact) mass is 265 g/mol. The van der Waals surface area contributed by atoms with Gasteiger partial charge in [0.2, 0.25) is 0 Å². The molecule has 0 bridgehead atoms. The molecule has 0 spiro atoms. The maximum absolute atomic E-state index is 9.78. The van der Waals surface area contributed by atoms with E-state index in [9.17, 15) is 5.11 Å². The van der Waals surface area contributed by atoms with Crippen LogP contribution >= 0.6 is 0 Å². The molecule has 0 amide bonds. The Hall–Kier alpha value is -1.26. The fourth-order valence-corrected chi connectivity index (χ4v) is 2.67. The number of nitrogens with one attached hydrogen (secondary N) is 1. The van der Waals surface area contributed by atoms with E-state index in [2.05, 4.69) is 5.32 Å². The highest BCUT2D eigenvalue weighted by molar-refractivity contribution is 5.40. The molecule has 106 valence electrons. The maximum atomic E-state index is 9.78. The summed E-state index contributed by atoms with van der Waals surface area (Å²) in [7, 11) is 3.33. The molecule has 1 aromatic rings. The lowest BCUT2D eigenvalue weighted by Crippen LogP contribution is -2.27. The Morgan fingerprint density at radius 3 is 2.74 bits per heavy atom. The first-order valence-electron chi connectivity index (χ1n) is 6.84. The van der Waals surface area contributed by atoms with Gasteiger partial charge < -0.3 is 19.9 Å². The quantitative estimate of drug-likeness (QED) is 0.825. The summed E-state index contributed by atoms with van der Waals surface area (Å²) < 4.78 is 10.6. The molecule has 1 aromatic carbocycles. The highest BCUT2D eigenvalue weighted by Crippen LogP contribution is 2.26. The van der Waals surface area contributed by atoms with Crippen LogP contribution in [0.3, 0.4) is 0 Å². The molecule has 4 nitrogen and oxygen atoms in total. The molecule has 0 aromatic heterocycles. The first kappa shape index (κ1) is 14.2. The third-order valence-electron chi connectivity index (χ3n) is 3.83. The summed E-state index contributed by atoms with van der Waals surface area (Å²) in [6.45, 7) is 1.57. The molecule has 2 unspecified atom stereocenters. The van der Waals surface area contributed by atoms with Crippen LogP contribution in [0.2, 0.25) is 0 Å². The van der Waals surface area contributed by atoms with Gasteiger partial charge in [-0.3, -0.25) is 0 Å². The average Bonchev–Trinajstić information content (AvgIpc) is 2.84. The SMILES string of the molecule is COc1ccc(OC)c(CNCC2CCCC2O)c1. The third-order valence-corrected chi connectivity index (χ3v) is 3.83. The molecular weight excluding hydrogens is 242 g/mol. The molecule has 1 fully saturated rings. The van der Waals surface area contributed by atoms with E-state index >= 15 is 0 Å². The number of benzene rings is 1. The molecule has 0 radical (unpaired) electrons. The van der Waals surface area contributed by atoms with Crippen molar-refractivity contribution in [2.75, 3.05) is 20.8 Å². The van der Waals surface area contributed by atoms with E-state index in [-0.39, 0.29) is 6.10 Å². The summed E-state index contributed by atoms with van der Waals surface area (Å²) in [5.41, 5.74) is 1.08. The number of hydrogen-bond donors (Lipinski definition) is 2. The third kappa shape index (κ3) is 3.61. The van der Waals surface area contributed by atoms with Gasteiger partial charge in [0.05, 0.1) is 20.3 Å². The zero-order valence-electron chi connectivity index (χ0n) is 11.7. The molecule has 19 heavy (non-hydrogen) atoms. The van der Waals surface area contributed by atoms with Gasteiger partial charge in [-0.1, -0.05) is 6.42 Å². The molecule has 1 saturated carbocycles. The van der Waals surface area contributed by atoms with Crippen LogP contribution in [0.4, 0.5) is 0 Å². The second-order valence-electron chi connectivity index (χ2n) is 5.07. The van der Waals surface area contributed by atoms with Gasteiger partial charge in [0.25, 0.3) is 0 Å². The molecule has 0 heterocycles. The van der Waals surface area contributed by atoms with Crippen LogP contribution in [0, 0.1) is 5.92 Å². The molecule has 1 aliphatic rings. The topological polar surface area (TPSA) is 50.7 Å². The minimum Gasteiger partial charge on any atom is -0.497 e. The molecule has 4 heteroatoms.